The van der Waals surface area contributed by atoms with Gasteiger partial charge in [0.2, 0.25) is 5.91 Å². The van der Waals surface area contributed by atoms with E-state index in [0.29, 0.717) is 0 Å². The molecule has 2 N–H and O–H groups in total. The normalized spacial score (nSPS) is 19.7. The molecule has 5 nitrogen and oxygen atoms in total. The second-order valence-corrected chi connectivity index (χ2v) is 4.88. The largest absolute Gasteiger partial charge is 0.377 e. The van der Waals surface area contributed by atoms with E-state index in [-0.39, 0.29) is 18.1 Å². The fourth-order valence-corrected chi connectivity index (χ4v) is 1.90. The van der Waals surface area contributed by atoms with Crippen LogP contribution in [0.1, 0.15) is 20.8 Å². The summed E-state index contributed by atoms with van der Waals surface area (Å²) >= 11 is 0. The molecule has 1 rings (SSSR count). The van der Waals surface area contributed by atoms with Crippen molar-refractivity contribution >= 4 is 5.91 Å². The molecule has 0 aliphatic carbocycles. The van der Waals surface area contributed by atoms with E-state index in [1.165, 1.54) is 0 Å². The van der Waals surface area contributed by atoms with Crippen LogP contribution in [-0.2, 0) is 9.53 Å². The van der Waals surface area contributed by atoms with Gasteiger partial charge in [-0.15, -0.1) is 0 Å². The van der Waals surface area contributed by atoms with Crippen LogP contribution in [0.4, 0.5) is 0 Å². The summed E-state index contributed by atoms with van der Waals surface area (Å²) in [6, 6.07) is -0.383. The Balaban J connectivity index is 2.19. The highest BCUT2D eigenvalue weighted by Gasteiger charge is 2.22. The minimum Gasteiger partial charge on any atom is -0.377 e. The van der Waals surface area contributed by atoms with Crippen LogP contribution < -0.4 is 5.73 Å². The molecule has 1 heterocycles. The fourth-order valence-electron chi connectivity index (χ4n) is 1.90. The molecule has 1 saturated heterocycles. The van der Waals surface area contributed by atoms with Gasteiger partial charge in [-0.05, 0) is 20.8 Å². The lowest BCUT2D eigenvalue weighted by Crippen LogP contribution is -2.52. The zero-order valence-electron chi connectivity index (χ0n) is 11.2. The number of nitrogens with two attached hydrogens (primary N) is 1. The maximum atomic E-state index is 11.7. The van der Waals surface area contributed by atoms with Gasteiger partial charge in [-0.3, -0.25) is 9.69 Å². The van der Waals surface area contributed by atoms with Gasteiger partial charge in [-0.25, -0.2) is 0 Å². The first-order valence-electron chi connectivity index (χ1n) is 6.39. The van der Waals surface area contributed by atoms with Crippen LogP contribution in [0.2, 0.25) is 0 Å². The van der Waals surface area contributed by atoms with Crippen molar-refractivity contribution in [2.24, 2.45) is 5.73 Å². The average molecular weight is 243 g/mol. The van der Waals surface area contributed by atoms with Gasteiger partial charge in [0, 0.05) is 32.7 Å². The first-order valence-corrected chi connectivity index (χ1v) is 6.39. The van der Waals surface area contributed by atoms with Gasteiger partial charge in [-0.1, -0.05) is 0 Å². The van der Waals surface area contributed by atoms with Gasteiger partial charge in [0.1, 0.15) is 0 Å². The van der Waals surface area contributed by atoms with Crippen LogP contribution in [0.3, 0.4) is 0 Å². The van der Waals surface area contributed by atoms with E-state index in [1.807, 2.05) is 18.7 Å². The molecule has 0 aromatic carbocycles. The first kappa shape index (κ1) is 14.4. The Labute approximate surface area is 104 Å². The van der Waals surface area contributed by atoms with Crippen LogP contribution in [0.25, 0.3) is 0 Å². The maximum absolute atomic E-state index is 11.7. The summed E-state index contributed by atoms with van der Waals surface area (Å²) < 4.78 is 5.51. The van der Waals surface area contributed by atoms with E-state index in [0.717, 1.165) is 39.3 Å². The van der Waals surface area contributed by atoms with Crippen molar-refractivity contribution < 1.29 is 9.53 Å². The summed E-state index contributed by atoms with van der Waals surface area (Å²) in [7, 11) is 0. The summed E-state index contributed by atoms with van der Waals surface area (Å²) in [5.74, 6) is 0.0584. The Hall–Kier alpha value is -0.650. The molecule has 1 fully saturated rings. The van der Waals surface area contributed by atoms with Gasteiger partial charge in [0.25, 0.3) is 0 Å². The number of hydrogen-bond donors (Lipinski definition) is 1. The lowest BCUT2D eigenvalue weighted by molar-refractivity contribution is -0.134. The first-order chi connectivity index (χ1) is 8.00. The smallest absolute Gasteiger partial charge is 0.239 e. The molecule has 1 amide bonds. The topological polar surface area (TPSA) is 58.8 Å². The van der Waals surface area contributed by atoms with Crippen molar-refractivity contribution in [2.45, 2.75) is 32.9 Å². The van der Waals surface area contributed by atoms with Crippen molar-refractivity contribution in [3.8, 4) is 0 Å². The van der Waals surface area contributed by atoms with E-state index < -0.39 is 0 Å². The SMILES string of the molecule is CC(C)OCCN1CCN(C(=O)C(C)N)CC1. The standard InChI is InChI=1S/C12H25N3O2/c1-10(2)17-9-8-14-4-6-15(7-5-14)12(16)11(3)13/h10-11H,4-9,13H2,1-3H3. The number of amides is 1. The third-order valence-electron chi connectivity index (χ3n) is 2.93. The summed E-state index contributed by atoms with van der Waals surface area (Å²) in [6.07, 6.45) is 0.288. The number of piperazine rings is 1. The maximum Gasteiger partial charge on any atom is 0.239 e. The van der Waals surface area contributed by atoms with E-state index in [4.69, 9.17) is 10.5 Å². The minimum atomic E-state index is -0.383. The molecule has 5 heteroatoms. The lowest BCUT2D eigenvalue weighted by Gasteiger charge is -2.35. The van der Waals surface area contributed by atoms with Crippen molar-refractivity contribution in [1.82, 2.24) is 9.80 Å². The number of ether oxygens (including phenoxy) is 1. The molecule has 1 aliphatic rings. The molecular formula is C12H25N3O2. The number of carbonyl (C=O) groups excluding carboxylic acids is 1. The van der Waals surface area contributed by atoms with E-state index in [2.05, 4.69) is 4.90 Å². The number of hydrogen-bond acceptors (Lipinski definition) is 4. The minimum absolute atomic E-state index is 0.0584. The van der Waals surface area contributed by atoms with Gasteiger partial charge in [-0.2, -0.15) is 0 Å². The van der Waals surface area contributed by atoms with E-state index in [9.17, 15) is 4.79 Å². The molecule has 0 aromatic rings. The highest BCUT2D eigenvalue weighted by Crippen LogP contribution is 2.03. The zero-order chi connectivity index (χ0) is 12.8. The second kappa shape index (κ2) is 6.93. The van der Waals surface area contributed by atoms with Crippen LogP contribution >= 0.6 is 0 Å². The van der Waals surface area contributed by atoms with Crippen molar-refractivity contribution in [3.63, 3.8) is 0 Å². The van der Waals surface area contributed by atoms with Crippen LogP contribution in [0, 0.1) is 0 Å². The molecule has 1 unspecified atom stereocenters. The molecule has 0 radical (unpaired) electrons. The predicted molar refractivity (Wildman–Crippen MR) is 67.8 cm³/mol. The quantitative estimate of drug-likeness (QED) is 0.733. The molecule has 17 heavy (non-hydrogen) atoms. The van der Waals surface area contributed by atoms with Gasteiger partial charge < -0.3 is 15.4 Å². The molecule has 0 aromatic heterocycles. The summed E-state index contributed by atoms with van der Waals surface area (Å²) in [6.45, 7) is 10.9. The number of carbonyl (C=O) groups is 1. The number of rotatable bonds is 5. The van der Waals surface area contributed by atoms with Crippen molar-refractivity contribution in [2.75, 3.05) is 39.3 Å². The van der Waals surface area contributed by atoms with Crippen molar-refractivity contribution in [1.29, 1.82) is 0 Å². The van der Waals surface area contributed by atoms with Crippen LogP contribution in [0.5, 0.6) is 0 Å². The summed E-state index contributed by atoms with van der Waals surface area (Å²) in [4.78, 5) is 15.8. The summed E-state index contributed by atoms with van der Waals surface area (Å²) in [5, 5.41) is 0. The highest BCUT2D eigenvalue weighted by atomic mass is 16.5. The summed E-state index contributed by atoms with van der Waals surface area (Å²) in [5.41, 5.74) is 5.59. The molecule has 0 saturated carbocycles. The van der Waals surface area contributed by atoms with E-state index in [1.54, 1.807) is 6.92 Å². The van der Waals surface area contributed by atoms with Gasteiger partial charge >= 0.3 is 0 Å². The molecule has 100 valence electrons. The molecule has 1 atom stereocenters. The Morgan fingerprint density at radius 1 is 1.24 bits per heavy atom. The highest BCUT2D eigenvalue weighted by molar-refractivity contribution is 5.81. The number of nitrogens with zero attached hydrogens (tertiary/aromatic N) is 2. The molecule has 1 aliphatic heterocycles. The molecule has 0 bridgehead atoms. The van der Waals surface area contributed by atoms with Crippen LogP contribution in [-0.4, -0.2) is 67.2 Å². The predicted octanol–water partition coefficient (Wildman–Crippen LogP) is -0.0972. The van der Waals surface area contributed by atoms with E-state index >= 15 is 0 Å². The zero-order valence-corrected chi connectivity index (χ0v) is 11.2. The Bertz CT molecular complexity index is 236. The monoisotopic (exact) mass is 243 g/mol. The van der Waals surface area contributed by atoms with Gasteiger partial charge in [0.05, 0.1) is 18.8 Å². The second-order valence-electron chi connectivity index (χ2n) is 4.88. The van der Waals surface area contributed by atoms with Crippen molar-refractivity contribution in [3.05, 3.63) is 0 Å². The Kier molecular flexibility index (Phi) is 5.88. The van der Waals surface area contributed by atoms with Gasteiger partial charge in [0.15, 0.2) is 0 Å². The fraction of sp³-hybridized carbons (Fsp3) is 0.917. The molecule has 0 spiro atoms. The average Bonchev–Trinajstić information content (AvgIpc) is 2.28. The third kappa shape index (κ3) is 5.02. The lowest BCUT2D eigenvalue weighted by atomic mass is 10.2. The third-order valence-corrected chi connectivity index (χ3v) is 2.93. The van der Waals surface area contributed by atoms with Crippen LogP contribution in [0.15, 0.2) is 0 Å². The molecular weight excluding hydrogens is 218 g/mol. The Morgan fingerprint density at radius 2 is 1.82 bits per heavy atom. The Morgan fingerprint density at radius 3 is 2.29 bits per heavy atom.